The zero-order valence-electron chi connectivity index (χ0n) is 9.13. The molecule has 1 amide bonds. The lowest BCUT2D eigenvalue weighted by Crippen LogP contribution is -2.40. The summed E-state index contributed by atoms with van der Waals surface area (Å²) in [5.41, 5.74) is 7.55. The average Bonchev–Trinajstić information content (AvgIpc) is 2.36. The zero-order chi connectivity index (χ0) is 12.7. The summed E-state index contributed by atoms with van der Waals surface area (Å²) < 4.78 is 4.91. The maximum absolute atomic E-state index is 11.3. The summed E-state index contributed by atoms with van der Waals surface area (Å²) in [7, 11) is 0. The van der Waals surface area contributed by atoms with Crippen LogP contribution in [0.15, 0.2) is 30.3 Å². The summed E-state index contributed by atoms with van der Waals surface area (Å²) in [6, 6.07) is 8.03. The average molecular weight is 238 g/mol. The Kier molecular flexibility index (Phi) is 5.12. The number of hydrogen-bond donors (Lipinski definition) is 3. The first-order chi connectivity index (χ1) is 8.13. The number of nitrogens with one attached hydrogen (secondary N) is 1. The van der Waals surface area contributed by atoms with Gasteiger partial charge in [-0.1, -0.05) is 30.3 Å². The molecular formula is C11H14N2O4. The van der Waals surface area contributed by atoms with Gasteiger partial charge in [-0.05, 0) is 5.56 Å². The van der Waals surface area contributed by atoms with Crippen LogP contribution in [0.2, 0.25) is 0 Å². The maximum atomic E-state index is 11.3. The predicted molar refractivity (Wildman–Crippen MR) is 58.8 cm³/mol. The molecule has 0 saturated carbocycles. The van der Waals surface area contributed by atoms with E-state index in [9.17, 15) is 9.59 Å². The van der Waals surface area contributed by atoms with E-state index < -0.39 is 17.9 Å². The van der Waals surface area contributed by atoms with Crippen LogP contribution in [0.3, 0.4) is 0 Å². The van der Waals surface area contributed by atoms with Crippen LogP contribution in [-0.2, 0) is 20.9 Å². The highest BCUT2D eigenvalue weighted by Crippen LogP contribution is 2.02. The van der Waals surface area contributed by atoms with Crippen LogP contribution >= 0.6 is 0 Å². The molecule has 4 N–H and O–H groups in total. The largest absolute Gasteiger partial charge is 0.461 e. The van der Waals surface area contributed by atoms with Crippen molar-refractivity contribution < 1.29 is 19.5 Å². The Morgan fingerprint density at radius 3 is 2.59 bits per heavy atom. The number of hydrogen-bond acceptors (Lipinski definition) is 5. The fourth-order valence-electron chi connectivity index (χ4n) is 1.15. The van der Waals surface area contributed by atoms with Gasteiger partial charge in [-0.15, -0.1) is 0 Å². The van der Waals surface area contributed by atoms with Crippen molar-refractivity contribution in [3.05, 3.63) is 35.9 Å². The lowest BCUT2D eigenvalue weighted by Gasteiger charge is -2.09. The van der Waals surface area contributed by atoms with E-state index in [4.69, 9.17) is 15.7 Å². The molecule has 1 rings (SSSR count). The number of ether oxygens (including phenoxy) is 1. The second-order valence-electron chi connectivity index (χ2n) is 3.43. The molecule has 1 atom stereocenters. The van der Waals surface area contributed by atoms with Crippen LogP contribution in [0.1, 0.15) is 12.0 Å². The lowest BCUT2D eigenvalue weighted by atomic mass is 10.2. The predicted octanol–water partition coefficient (Wildman–Crippen LogP) is -0.0474. The second-order valence-corrected chi connectivity index (χ2v) is 3.43. The van der Waals surface area contributed by atoms with Gasteiger partial charge in [0.15, 0.2) is 0 Å². The fourth-order valence-corrected chi connectivity index (χ4v) is 1.15. The van der Waals surface area contributed by atoms with Gasteiger partial charge in [-0.3, -0.25) is 14.8 Å². The number of hydroxylamine groups is 1. The summed E-state index contributed by atoms with van der Waals surface area (Å²) in [4.78, 5) is 22.1. The van der Waals surface area contributed by atoms with Gasteiger partial charge in [0.25, 0.3) is 5.91 Å². The molecule has 0 aliphatic rings. The molecule has 0 saturated heterocycles. The van der Waals surface area contributed by atoms with E-state index in [1.165, 1.54) is 5.48 Å². The van der Waals surface area contributed by atoms with Gasteiger partial charge in [0, 0.05) is 0 Å². The number of benzene rings is 1. The Bertz CT molecular complexity index is 380. The van der Waals surface area contributed by atoms with Gasteiger partial charge in [-0.25, -0.2) is 5.48 Å². The molecule has 0 spiro atoms. The molecule has 1 aromatic rings. The summed E-state index contributed by atoms with van der Waals surface area (Å²) in [5, 5.41) is 8.29. The molecule has 0 radical (unpaired) electrons. The minimum Gasteiger partial charge on any atom is -0.461 e. The molecule has 17 heavy (non-hydrogen) atoms. The molecule has 6 heteroatoms. The zero-order valence-corrected chi connectivity index (χ0v) is 9.13. The molecule has 6 nitrogen and oxygen atoms in total. The summed E-state index contributed by atoms with van der Waals surface area (Å²) in [6.07, 6.45) is -0.279. The number of rotatable bonds is 5. The highest BCUT2D eigenvalue weighted by atomic mass is 16.5. The SMILES string of the molecule is N[C@@H](CC(=O)OCc1ccccc1)C(=O)NO. The molecule has 0 heterocycles. The van der Waals surface area contributed by atoms with Gasteiger partial charge in [-0.2, -0.15) is 0 Å². The van der Waals surface area contributed by atoms with Gasteiger partial charge in [0.05, 0.1) is 12.5 Å². The Morgan fingerprint density at radius 2 is 2.00 bits per heavy atom. The van der Waals surface area contributed by atoms with E-state index in [0.717, 1.165) is 5.56 Å². The van der Waals surface area contributed by atoms with Crippen molar-refractivity contribution in [2.75, 3.05) is 0 Å². The second kappa shape index (κ2) is 6.62. The van der Waals surface area contributed by atoms with E-state index in [2.05, 4.69) is 0 Å². The summed E-state index contributed by atoms with van der Waals surface area (Å²) >= 11 is 0. The van der Waals surface area contributed by atoms with Gasteiger partial charge in [0.1, 0.15) is 6.61 Å². The first-order valence-electron chi connectivity index (χ1n) is 5.02. The van der Waals surface area contributed by atoms with Crippen LogP contribution in [0.5, 0.6) is 0 Å². The van der Waals surface area contributed by atoms with E-state index >= 15 is 0 Å². The maximum Gasteiger partial charge on any atom is 0.308 e. The van der Waals surface area contributed by atoms with Crippen molar-refractivity contribution in [1.29, 1.82) is 0 Å². The van der Waals surface area contributed by atoms with Crippen molar-refractivity contribution in [1.82, 2.24) is 5.48 Å². The summed E-state index contributed by atoms with van der Waals surface area (Å²) in [6.45, 7) is 0.132. The van der Waals surface area contributed by atoms with E-state index in [0.29, 0.717) is 0 Å². The normalized spacial score (nSPS) is 11.6. The third-order valence-electron chi connectivity index (χ3n) is 2.08. The standard InChI is InChI=1S/C11H14N2O4/c12-9(11(15)13-16)6-10(14)17-7-8-4-2-1-3-5-8/h1-5,9,16H,6-7,12H2,(H,13,15)/t9-/m0/s1. The number of nitrogens with two attached hydrogens (primary N) is 1. The van der Waals surface area contributed by atoms with Crippen molar-refractivity contribution in [3.8, 4) is 0 Å². The van der Waals surface area contributed by atoms with E-state index in [1.54, 1.807) is 0 Å². The lowest BCUT2D eigenvalue weighted by molar-refractivity contribution is -0.147. The topological polar surface area (TPSA) is 102 Å². The minimum absolute atomic E-state index is 0.132. The molecule has 0 aromatic heterocycles. The molecular weight excluding hydrogens is 224 g/mol. The van der Waals surface area contributed by atoms with Gasteiger partial charge in [0.2, 0.25) is 0 Å². The highest BCUT2D eigenvalue weighted by molar-refractivity contribution is 5.85. The third-order valence-corrected chi connectivity index (χ3v) is 2.08. The van der Waals surface area contributed by atoms with Crippen molar-refractivity contribution in [2.24, 2.45) is 5.73 Å². The van der Waals surface area contributed by atoms with Crippen molar-refractivity contribution in [3.63, 3.8) is 0 Å². The van der Waals surface area contributed by atoms with Crippen LogP contribution in [0.25, 0.3) is 0 Å². The van der Waals surface area contributed by atoms with Crippen LogP contribution in [0, 0.1) is 0 Å². The molecule has 0 aliphatic carbocycles. The first-order valence-corrected chi connectivity index (χ1v) is 5.02. The smallest absolute Gasteiger partial charge is 0.308 e. The number of carbonyl (C=O) groups is 2. The number of amides is 1. The molecule has 0 unspecified atom stereocenters. The summed E-state index contributed by atoms with van der Waals surface area (Å²) in [5.74, 6) is -1.41. The Labute approximate surface area is 98.3 Å². The molecule has 92 valence electrons. The van der Waals surface area contributed by atoms with Crippen LogP contribution < -0.4 is 11.2 Å². The molecule has 1 aromatic carbocycles. The Morgan fingerprint density at radius 1 is 1.35 bits per heavy atom. The van der Waals surface area contributed by atoms with Crippen LogP contribution in [-0.4, -0.2) is 23.1 Å². The third kappa shape index (κ3) is 4.62. The van der Waals surface area contributed by atoms with E-state index in [1.807, 2.05) is 30.3 Å². The first kappa shape index (κ1) is 13.1. The van der Waals surface area contributed by atoms with Gasteiger partial charge < -0.3 is 10.5 Å². The Balaban J connectivity index is 2.33. The van der Waals surface area contributed by atoms with Crippen LogP contribution in [0.4, 0.5) is 0 Å². The molecule has 0 aliphatic heterocycles. The van der Waals surface area contributed by atoms with Crippen molar-refractivity contribution >= 4 is 11.9 Å². The van der Waals surface area contributed by atoms with Gasteiger partial charge >= 0.3 is 5.97 Å². The molecule has 0 fully saturated rings. The number of esters is 1. The fraction of sp³-hybridized carbons (Fsp3) is 0.273. The minimum atomic E-state index is -1.11. The molecule has 0 bridgehead atoms. The monoisotopic (exact) mass is 238 g/mol. The van der Waals surface area contributed by atoms with E-state index in [-0.39, 0.29) is 13.0 Å². The Hall–Kier alpha value is -1.92. The highest BCUT2D eigenvalue weighted by Gasteiger charge is 2.17. The number of carbonyl (C=O) groups excluding carboxylic acids is 2. The quantitative estimate of drug-likeness (QED) is 0.379. The van der Waals surface area contributed by atoms with Crippen molar-refractivity contribution in [2.45, 2.75) is 19.1 Å².